The van der Waals surface area contributed by atoms with Gasteiger partial charge >= 0.3 is 0 Å². The first kappa shape index (κ1) is 9.83. The van der Waals surface area contributed by atoms with Gasteiger partial charge in [0.15, 0.2) is 5.75 Å². The Morgan fingerprint density at radius 1 is 1.53 bits per heavy atom. The lowest BCUT2D eigenvalue weighted by Crippen LogP contribution is -2.19. The minimum absolute atomic E-state index is 0.169. The predicted octanol–water partition coefficient (Wildman–Crippen LogP) is 1.17. The minimum Gasteiger partial charge on any atom is -0.487 e. The Bertz CT molecular complexity index is 386. The van der Waals surface area contributed by atoms with Crippen LogP contribution in [-0.4, -0.2) is 19.1 Å². The van der Waals surface area contributed by atoms with Gasteiger partial charge in [-0.1, -0.05) is 6.07 Å². The van der Waals surface area contributed by atoms with Crippen molar-refractivity contribution in [1.82, 2.24) is 5.32 Å². The smallest absolute Gasteiger partial charge is 0.254 e. The number of benzene rings is 1. The normalized spacial score (nSPS) is 14.7. The highest BCUT2D eigenvalue weighted by Gasteiger charge is 2.26. The van der Waals surface area contributed by atoms with E-state index in [2.05, 4.69) is 5.32 Å². The molecule has 80 valence electrons. The summed E-state index contributed by atoms with van der Waals surface area (Å²) >= 11 is 0. The van der Waals surface area contributed by atoms with Gasteiger partial charge in [-0.15, -0.1) is 0 Å². The third-order valence-corrected chi connectivity index (χ3v) is 2.33. The maximum Gasteiger partial charge on any atom is 0.254 e. The van der Waals surface area contributed by atoms with Crippen LogP contribution in [0.15, 0.2) is 18.2 Å². The number of carbonyl (C=O) groups excluding carboxylic acids is 1. The minimum atomic E-state index is -0.169. The van der Waals surface area contributed by atoms with E-state index < -0.39 is 0 Å². The average Bonchev–Trinajstić information content (AvgIpc) is 3.04. The fraction of sp³-hybridized carbons (Fsp3) is 0.364. The van der Waals surface area contributed by atoms with E-state index in [1.54, 1.807) is 25.2 Å². The Balaban J connectivity index is 2.33. The molecule has 1 aromatic rings. The standard InChI is InChI=1S/C11H14N2O2/c1-13-11(14)8-3-2-4-9(12)10(8)15-7-5-6-7/h2-4,7H,5-6,12H2,1H3,(H,13,14). The zero-order valence-corrected chi connectivity index (χ0v) is 8.62. The number of nitrogen functional groups attached to an aromatic ring is 1. The van der Waals surface area contributed by atoms with Crippen molar-refractivity contribution in [2.24, 2.45) is 0 Å². The Kier molecular flexibility index (Phi) is 2.49. The topological polar surface area (TPSA) is 64.4 Å². The van der Waals surface area contributed by atoms with Gasteiger partial charge in [-0.25, -0.2) is 0 Å². The van der Waals surface area contributed by atoms with Crippen molar-refractivity contribution in [3.63, 3.8) is 0 Å². The van der Waals surface area contributed by atoms with Gasteiger partial charge in [0.1, 0.15) is 0 Å². The van der Waals surface area contributed by atoms with Crippen LogP contribution in [0.2, 0.25) is 0 Å². The van der Waals surface area contributed by atoms with Gasteiger partial charge in [0.2, 0.25) is 0 Å². The van der Waals surface area contributed by atoms with Crippen LogP contribution in [0.5, 0.6) is 5.75 Å². The van der Waals surface area contributed by atoms with Crippen molar-refractivity contribution in [2.45, 2.75) is 18.9 Å². The summed E-state index contributed by atoms with van der Waals surface area (Å²) in [6.45, 7) is 0. The summed E-state index contributed by atoms with van der Waals surface area (Å²) in [4.78, 5) is 11.5. The number of carbonyl (C=O) groups is 1. The van der Waals surface area contributed by atoms with Gasteiger partial charge in [0.25, 0.3) is 5.91 Å². The SMILES string of the molecule is CNC(=O)c1cccc(N)c1OC1CC1. The van der Waals surface area contributed by atoms with Gasteiger partial charge in [-0.2, -0.15) is 0 Å². The van der Waals surface area contributed by atoms with Crippen LogP contribution in [0.1, 0.15) is 23.2 Å². The molecule has 4 nitrogen and oxygen atoms in total. The lowest BCUT2D eigenvalue weighted by atomic mass is 10.1. The molecule has 1 fully saturated rings. The van der Waals surface area contributed by atoms with Crippen LogP contribution in [0.3, 0.4) is 0 Å². The number of para-hydroxylation sites is 1. The number of amides is 1. The van der Waals surface area contributed by atoms with Crippen molar-refractivity contribution in [1.29, 1.82) is 0 Å². The number of hydrogen-bond acceptors (Lipinski definition) is 3. The van der Waals surface area contributed by atoms with Crippen LogP contribution in [0, 0.1) is 0 Å². The van der Waals surface area contributed by atoms with E-state index in [1.165, 1.54) is 0 Å². The molecule has 0 saturated heterocycles. The lowest BCUT2D eigenvalue weighted by Gasteiger charge is -2.12. The molecule has 15 heavy (non-hydrogen) atoms. The molecule has 0 spiro atoms. The molecule has 1 aliphatic rings. The molecule has 2 rings (SSSR count). The zero-order valence-electron chi connectivity index (χ0n) is 8.62. The first-order valence-electron chi connectivity index (χ1n) is 4.99. The quantitative estimate of drug-likeness (QED) is 0.730. The van der Waals surface area contributed by atoms with Crippen LogP contribution >= 0.6 is 0 Å². The predicted molar refractivity (Wildman–Crippen MR) is 57.9 cm³/mol. The highest BCUT2D eigenvalue weighted by molar-refractivity contribution is 5.98. The van der Waals surface area contributed by atoms with Gasteiger partial charge in [-0.3, -0.25) is 4.79 Å². The summed E-state index contributed by atoms with van der Waals surface area (Å²) in [6, 6.07) is 5.21. The van der Waals surface area contributed by atoms with Crippen molar-refractivity contribution >= 4 is 11.6 Å². The molecule has 0 aromatic heterocycles. The monoisotopic (exact) mass is 206 g/mol. The number of nitrogens with two attached hydrogens (primary N) is 1. The van der Waals surface area contributed by atoms with Crippen molar-refractivity contribution in [2.75, 3.05) is 12.8 Å². The highest BCUT2D eigenvalue weighted by atomic mass is 16.5. The van der Waals surface area contributed by atoms with Crippen LogP contribution < -0.4 is 15.8 Å². The van der Waals surface area contributed by atoms with Crippen LogP contribution in [-0.2, 0) is 0 Å². The van der Waals surface area contributed by atoms with Crippen molar-refractivity contribution in [3.8, 4) is 5.75 Å². The number of nitrogens with one attached hydrogen (secondary N) is 1. The van der Waals surface area contributed by atoms with Gasteiger partial charge in [-0.05, 0) is 25.0 Å². The first-order chi connectivity index (χ1) is 7.22. The second-order valence-corrected chi connectivity index (χ2v) is 3.62. The third kappa shape index (κ3) is 2.03. The summed E-state index contributed by atoms with van der Waals surface area (Å²) < 4.78 is 5.62. The van der Waals surface area contributed by atoms with Crippen molar-refractivity contribution in [3.05, 3.63) is 23.8 Å². The summed E-state index contributed by atoms with van der Waals surface area (Å²) in [5.74, 6) is 0.345. The second kappa shape index (κ2) is 3.81. The van der Waals surface area contributed by atoms with E-state index in [0.717, 1.165) is 12.8 Å². The summed E-state index contributed by atoms with van der Waals surface area (Å²) in [5.41, 5.74) is 6.81. The molecule has 4 heteroatoms. The average molecular weight is 206 g/mol. The number of anilines is 1. The van der Waals surface area contributed by atoms with E-state index >= 15 is 0 Å². The lowest BCUT2D eigenvalue weighted by molar-refractivity contribution is 0.0959. The maximum atomic E-state index is 11.5. The fourth-order valence-corrected chi connectivity index (χ4v) is 1.35. The number of hydrogen-bond donors (Lipinski definition) is 2. The number of ether oxygens (including phenoxy) is 1. The number of rotatable bonds is 3. The van der Waals surface area contributed by atoms with Gasteiger partial charge in [0, 0.05) is 7.05 Å². The molecular weight excluding hydrogens is 192 g/mol. The van der Waals surface area contributed by atoms with E-state index in [0.29, 0.717) is 17.0 Å². The molecular formula is C11H14N2O2. The molecule has 0 heterocycles. The summed E-state index contributed by atoms with van der Waals surface area (Å²) in [7, 11) is 1.59. The van der Waals surface area contributed by atoms with Crippen molar-refractivity contribution < 1.29 is 9.53 Å². The summed E-state index contributed by atoms with van der Waals surface area (Å²) in [5, 5.41) is 2.57. The molecule has 0 radical (unpaired) electrons. The molecule has 1 saturated carbocycles. The molecule has 1 amide bonds. The Hall–Kier alpha value is -1.71. The molecule has 1 aromatic carbocycles. The first-order valence-corrected chi connectivity index (χ1v) is 4.99. The van der Waals surface area contributed by atoms with Gasteiger partial charge in [0.05, 0.1) is 17.4 Å². The summed E-state index contributed by atoms with van der Waals surface area (Å²) in [6.07, 6.45) is 2.32. The van der Waals surface area contributed by atoms with Gasteiger partial charge < -0.3 is 15.8 Å². The maximum absolute atomic E-state index is 11.5. The Labute approximate surface area is 88.4 Å². The Morgan fingerprint density at radius 2 is 2.27 bits per heavy atom. The molecule has 1 aliphatic carbocycles. The fourth-order valence-electron chi connectivity index (χ4n) is 1.35. The zero-order chi connectivity index (χ0) is 10.8. The molecule has 0 bridgehead atoms. The van der Waals surface area contributed by atoms with E-state index in [1.807, 2.05) is 0 Å². The van der Waals surface area contributed by atoms with Crippen LogP contribution in [0.4, 0.5) is 5.69 Å². The highest BCUT2D eigenvalue weighted by Crippen LogP contribution is 2.33. The van der Waals surface area contributed by atoms with Crippen LogP contribution in [0.25, 0.3) is 0 Å². The van der Waals surface area contributed by atoms with E-state index in [9.17, 15) is 4.79 Å². The molecule has 0 aliphatic heterocycles. The molecule has 0 unspecified atom stereocenters. The largest absolute Gasteiger partial charge is 0.487 e. The Morgan fingerprint density at radius 3 is 2.87 bits per heavy atom. The molecule has 3 N–H and O–H groups in total. The van der Waals surface area contributed by atoms with E-state index in [-0.39, 0.29) is 12.0 Å². The van der Waals surface area contributed by atoms with E-state index in [4.69, 9.17) is 10.5 Å². The molecule has 0 atom stereocenters. The third-order valence-electron chi connectivity index (χ3n) is 2.33. The second-order valence-electron chi connectivity index (χ2n) is 3.62.